The van der Waals surface area contributed by atoms with Crippen molar-refractivity contribution in [3.63, 3.8) is 0 Å². The second-order valence-corrected chi connectivity index (χ2v) is 6.30. The van der Waals surface area contributed by atoms with Gasteiger partial charge in [-0.05, 0) is 42.6 Å². The molecule has 0 spiro atoms. The molecule has 0 atom stereocenters. The van der Waals surface area contributed by atoms with E-state index in [0.29, 0.717) is 12.2 Å². The SMILES string of the molecule is CC(=O)c1ccc(OCc2csc(-c3cccs3)n2)cc1. The number of rotatable bonds is 5. The average Bonchev–Trinajstić information content (AvgIpc) is 3.16. The zero-order valence-electron chi connectivity index (χ0n) is 11.4. The topological polar surface area (TPSA) is 39.2 Å². The number of benzene rings is 1. The van der Waals surface area contributed by atoms with Crippen LogP contribution in [0.2, 0.25) is 0 Å². The van der Waals surface area contributed by atoms with Gasteiger partial charge in [0.2, 0.25) is 0 Å². The van der Waals surface area contributed by atoms with Crippen LogP contribution in [0, 0.1) is 0 Å². The lowest BCUT2D eigenvalue weighted by atomic mass is 10.1. The molecule has 3 rings (SSSR count). The van der Waals surface area contributed by atoms with E-state index in [2.05, 4.69) is 11.1 Å². The third-order valence-electron chi connectivity index (χ3n) is 2.93. The number of hydrogen-bond acceptors (Lipinski definition) is 5. The first-order valence-corrected chi connectivity index (χ1v) is 8.20. The number of carbonyl (C=O) groups is 1. The Morgan fingerprint density at radius 3 is 2.67 bits per heavy atom. The number of thiazole rings is 1. The van der Waals surface area contributed by atoms with Gasteiger partial charge in [0.1, 0.15) is 17.4 Å². The Labute approximate surface area is 130 Å². The first kappa shape index (κ1) is 14.0. The molecule has 5 heteroatoms. The number of aromatic nitrogens is 1. The summed E-state index contributed by atoms with van der Waals surface area (Å²) in [4.78, 5) is 16.9. The summed E-state index contributed by atoms with van der Waals surface area (Å²) < 4.78 is 5.69. The van der Waals surface area contributed by atoms with Gasteiger partial charge in [0.05, 0.1) is 10.6 Å². The highest BCUT2D eigenvalue weighted by atomic mass is 32.1. The Hall–Kier alpha value is -1.98. The quantitative estimate of drug-likeness (QED) is 0.643. The number of thiophene rings is 1. The van der Waals surface area contributed by atoms with Crippen LogP contribution in [0.1, 0.15) is 23.0 Å². The van der Waals surface area contributed by atoms with Gasteiger partial charge in [0, 0.05) is 10.9 Å². The fourth-order valence-electron chi connectivity index (χ4n) is 1.83. The monoisotopic (exact) mass is 315 g/mol. The van der Waals surface area contributed by atoms with Gasteiger partial charge in [-0.2, -0.15) is 0 Å². The van der Waals surface area contributed by atoms with E-state index in [1.54, 1.807) is 41.7 Å². The van der Waals surface area contributed by atoms with E-state index < -0.39 is 0 Å². The number of ketones is 1. The first-order chi connectivity index (χ1) is 10.2. The molecule has 2 heterocycles. The molecule has 0 radical (unpaired) electrons. The molecule has 2 aromatic heterocycles. The molecular formula is C16H13NO2S2. The van der Waals surface area contributed by atoms with Crippen LogP contribution in [0.25, 0.3) is 9.88 Å². The van der Waals surface area contributed by atoms with E-state index in [0.717, 1.165) is 16.5 Å². The fraction of sp³-hybridized carbons (Fsp3) is 0.125. The average molecular weight is 315 g/mol. The van der Waals surface area contributed by atoms with Crippen molar-refractivity contribution in [3.05, 3.63) is 58.4 Å². The molecule has 0 aliphatic heterocycles. The third kappa shape index (κ3) is 3.37. The van der Waals surface area contributed by atoms with Crippen LogP contribution >= 0.6 is 22.7 Å². The van der Waals surface area contributed by atoms with Crippen molar-refractivity contribution in [1.82, 2.24) is 4.98 Å². The summed E-state index contributed by atoms with van der Waals surface area (Å²) in [5, 5.41) is 5.08. The number of Topliss-reactive ketones (excluding diaryl/α,β-unsaturated/α-hetero) is 1. The molecule has 0 unspecified atom stereocenters. The normalized spacial score (nSPS) is 10.5. The highest BCUT2D eigenvalue weighted by Crippen LogP contribution is 2.28. The molecule has 0 aliphatic carbocycles. The van der Waals surface area contributed by atoms with Gasteiger partial charge in [-0.15, -0.1) is 22.7 Å². The zero-order chi connectivity index (χ0) is 14.7. The van der Waals surface area contributed by atoms with Crippen LogP contribution in [0.4, 0.5) is 0 Å². The summed E-state index contributed by atoms with van der Waals surface area (Å²) in [7, 11) is 0. The van der Waals surface area contributed by atoms with Crippen molar-refractivity contribution in [2.75, 3.05) is 0 Å². The molecule has 3 nitrogen and oxygen atoms in total. The number of nitrogens with zero attached hydrogens (tertiary/aromatic N) is 1. The van der Waals surface area contributed by atoms with Gasteiger partial charge in [-0.1, -0.05) is 6.07 Å². The van der Waals surface area contributed by atoms with Gasteiger partial charge < -0.3 is 4.74 Å². The molecule has 0 fully saturated rings. The standard InChI is InChI=1S/C16H13NO2S2/c1-11(18)12-4-6-14(7-5-12)19-9-13-10-21-16(17-13)15-3-2-8-20-15/h2-8,10H,9H2,1H3. The van der Waals surface area contributed by atoms with E-state index >= 15 is 0 Å². The van der Waals surface area contributed by atoms with Crippen molar-refractivity contribution >= 4 is 28.5 Å². The molecule has 1 aromatic carbocycles. The summed E-state index contributed by atoms with van der Waals surface area (Å²) in [6, 6.07) is 11.3. The highest BCUT2D eigenvalue weighted by Gasteiger charge is 2.06. The molecule has 106 valence electrons. The Balaban J connectivity index is 1.64. The number of hydrogen-bond donors (Lipinski definition) is 0. The number of ether oxygens (including phenoxy) is 1. The summed E-state index contributed by atoms with van der Waals surface area (Å²) in [6.07, 6.45) is 0. The minimum atomic E-state index is 0.0571. The van der Waals surface area contributed by atoms with Crippen LogP contribution in [-0.4, -0.2) is 10.8 Å². The smallest absolute Gasteiger partial charge is 0.159 e. The van der Waals surface area contributed by atoms with Crippen molar-refractivity contribution < 1.29 is 9.53 Å². The largest absolute Gasteiger partial charge is 0.487 e. The van der Waals surface area contributed by atoms with E-state index in [-0.39, 0.29) is 5.78 Å². The number of carbonyl (C=O) groups excluding carboxylic acids is 1. The lowest BCUT2D eigenvalue weighted by molar-refractivity contribution is 0.101. The molecule has 3 aromatic rings. The van der Waals surface area contributed by atoms with Crippen LogP contribution in [-0.2, 0) is 6.61 Å². The van der Waals surface area contributed by atoms with Gasteiger partial charge in [0.15, 0.2) is 5.78 Å². The molecule has 0 N–H and O–H groups in total. The minimum absolute atomic E-state index is 0.0571. The lowest BCUT2D eigenvalue weighted by Gasteiger charge is -2.04. The van der Waals surface area contributed by atoms with Gasteiger partial charge in [-0.3, -0.25) is 4.79 Å². The van der Waals surface area contributed by atoms with Crippen molar-refractivity contribution in [3.8, 4) is 15.6 Å². The van der Waals surface area contributed by atoms with E-state index in [1.165, 1.54) is 4.88 Å². The van der Waals surface area contributed by atoms with Crippen molar-refractivity contribution in [1.29, 1.82) is 0 Å². The zero-order valence-corrected chi connectivity index (χ0v) is 13.0. The summed E-state index contributed by atoms with van der Waals surface area (Å²) in [5.74, 6) is 0.798. The minimum Gasteiger partial charge on any atom is -0.487 e. The summed E-state index contributed by atoms with van der Waals surface area (Å²) in [5.41, 5.74) is 1.61. The Morgan fingerprint density at radius 1 is 1.19 bits per heavy atom. The molecular weight excluding hydrogens is 302 g/mol. The molecule has 0 amide bonds. The molecule has 0 saturated heterocycles. The summed E-state index contributed by atoms with van der Waals surface area (Å²) >= 11 is 3.31. The van der Waals surface area contributed by atoms with Crippen LogP contribution in [0.15, 0.2) is 47.2 Å². The highest BCUT2D eigenvalue weighted by molar-refractivity contribution is 7.20. The Bertz CT molecular complexity index is 730. The predicted molar refractivity (Wildman–Crippen MR) is 86.2 cm³/mol. The predicted octanol–water partition coefficient (Wildman–Crippen LogP) is 4.65. The maximum atomic E-state index is 11.2. The van der Waals surface area contributed by atoms with Crippen molar-refractivity contribution in [2.45, 2.75) is 13.5 Å². The second-order valence-electron chi connectivity index (χ2n) is 4.49. The maximum absolute atomic E-state index is 11.2. The maximum Gasteiger partial charge on any atom is 0.159 e. The Morgan fingerprint density at radius 2 is 2.00 bits per heavy atom. The van der Waals surface area contributed by atoms with Crippen LogP contribution in [0.3, 0.4) is 0 Å². The fourth-order valence-corrected chi connectivity index (χ4v) is 3.45. The van der Waals surface area contributed by atoms with Crippen molar-refractivity contribution in [2.24, 2.45) is 0 Å². The molecule has 0 aliphatic rings. The first-order valence-electron chi connectivity index (χ1n) is 6.44. The Kier molecular flexibility index (Phi) is 4.13. The third-order valence-corrected chi connectivity index (χ3v) is 4.86. The van der Waals surface area contributed by atoms with E-state index in [1.807, 2.05) is 29.0 Å². The molecule has 0 saturated carbocycles. The van der Waals surface area contributed by atoms with Crippen LogP contribution in [0.5, 0.6) is 5.75 Å². The van der Waals surface area contributed by atoms with Gasteiger partial charge in [0.25, 0.3) is 0 Å². The van der Waals surface area contributed by atoms with E-state index in [4.69, 9.17) is 4.74 Å². The van der Waals surface area contributed by atoms with Gasteiger partial charge >= 0.3 is 0 Å². The van der Waals surface area contributed by atoms with Crippen LogP contribution < -0.4 is 4.74 Å². The molecule has 21 heavy (non-hydrogen) atoms. The van der Waals surface area contributed by atoms with E-state index in [9.17, 15) is 4.79 Å². The lowest BCUT2D eigenvalue weighted by Crippen LogP contribution is -1.97. The second kappa shape index (κ2) is 6.20. The molecule has 0 bridgehead atoms. The summed E-state index contributed by atoms with van der Waals surface area (Å²) in [6.45, 7) is 1.98. The van der Waals surface area contributed by atoms with Gasteiger partial charge in [-0.25, -0.2) is 4.98 Å².